The molecule has 0 saturated heterocycles. The number of hydrogen-bond donors (Lipinski definition) is 3. The predicted molar refractivity (Wildman–Crippen MR) is 120 cm³/mol. The molecule has 2 aromatic carbocycles. The molecule has 3 aromatic rings. The lowest BCUT2D eigenvalue weighted by molar-refractivity contribution is -0.113. The maximum atomic E-state index is 12.1. The minimum Gasteiger partial charge on any atom is -0.497 e. The molecule has 0 bridgehead atoms. The van der Waals surface area contributed by atoms with Crippen LogP contribution < -0.4 is 21.3 Å². The lowest BCUT2D eigenvalue weighted by Gasteiger charge is -2.07. The van der Waals surface area contributed by atoms with Gasteiger partial charge in [-0.2, -0.15) is 5.10 Å². The first kappa shape index (κ1) is 21.5. The third-order valence-electron chi connectivity index (χ3n) is 3.98. The van der Waals surface area contributed by atoms with E-state index in [0.29, 0.717) is 15.9 Å². The van der Waals surface area contributed by atoms with Crippen molar-refractivity contribution < 1.29 is 9.53 Å². The maximum Gasteiger partial charge on any atom is 0.264 e. The lowest BCUT2D eigenvalue weighted by Crippen LogP contribution is -2.17. The number of carbonyl (C=O) groups excluding carboxylic acids is 1. The molecule has 0 saturated carbocycles. The zero-order valence-electron chi connectivity index (χ0n) is 16.3. The first-order valence-electron chi connectivity index (χ1n) is 8.80. The van der Waals surface area contributed by atoms with Gasteiger partial charge in [-0.1, -0.05) is 35.5 Å². The largest absolute Gasteiger partial charge is 0.497 e. The van der Waals surface area contributed by atoms with E-state index in [1.807, 2.05) is 31.2 Å². The number of halogens is 1. The Labute approximate surface area is 182 Å². The summed E-state index contributed by atoms with van der Waals surface area (Å²) in [4.78, 5) is 12.1. The number of nitrogen functional groups attached to an aromatic ring is 1. The van der Waals surface area contributed by atoms with Gasteiger partial charge in [-0.05, 0) is 48.9 Å². The van der Waals surface area contributed by atoms with Gasteiger partial charge in [0.05, 0.1) is 29.3 Å². The number of aromatic nitrogens is 3. The van der Waals surface area contributed by atoms with Gasteiger partial charge in [0.15, 0.2) is 0 Å². The average molecular weight is 446 g/mol. The summed E-state index contributed by atoms with van der Waals surface area (Å²) in [7, 11) is 1.61. The standard InChI is InChI=1S/C19H20ClN7O2S/c1-12(13-7-9-14(29-2)10-8-13)23-24-18-25-26-19(27(18)21)30-11-17(28)22-16-6-4-3-5-15(16)20/h3-10H,11,21H2,1-2H3,(H,22,28)(H,24,25)/b23-12+. The summed E-state index contributed by atoms with van der Waals surface area (Å²) in [6.45, 7) is 1.85. The molecule has 156 valence electrons. The van der Waals surface area contributed by atoms with E-state index in [2.05, 4.69) is 26.0 Å². The van der Waals surface area contributed by atoms with Crippen molar-refractivity contribution in [3.63, 3.8) is 0 Å². The van der Waals surface area contributed by atoms with Crippen LogP contribution in [0.1, 0.15) is 12.5 Å². The Morgan fingerprint density at radius 3 is 2.67 bits per heavy atom. The average Bonchev–Trinajstić information content (AvgIpc) is 3.11. The van der Waals surface area contributed by atoms with E-state index in [0.717, 1.165) is 28.8 Å². The molecule has 1 heterocycles. The van der Waals surface area contributed by atoms with Gasteiger partial charge in [0.1, 0.15) is 5.75 Å². The second-order valence-electron chi connectivity index (χ2n) is 6.03. The highest BCUT2D eigenvalue weighted by Gasteiger charge is 2.13. The third-order valence-corrected chi connectivity index (χ3v) is 5.25. The van der Waals surface area contributed by atoms with Crippen LogP contribution in [0.3, 0.4) is 0 Å². The van der Waals surface area contributed by atoms with Crippen LogP contribution in [0.4, 0.5) is 11.6 Å². The van der Waals surface area contributed by atoms with Gasteiger partial charge in [0.25, 0.3) is 5.95 Å². The van der Waals surface area contributed by atoms with Gasteiger partial charge >= 0.3 is 0 Å². The van der Waals surface area contributed by atoms with Crippen LogP contribution in [0.5, 0.6) is 5.75 Å². The Hall–Kier alpha value is -3.24. The Morgan fingerprint density at radius 1 is 1.23 bits per heavy atom. The smallest absolute Gasteiger partial charge is 0.264 e. The highest BCUT2D eigenvalue weighted by molar-refractivity contribution is 7.99. The van der Waals surface area contributed by atoms with Crippen molar-refractivity contribution in [1.82, 2.24) is 14.9 Å². The number of para-hydroxylation sites is 1. The number of hydrazone groups is 1. The number of nitrogens with two attached hydrogens (primary N) is 1. The van der Waals surface area contributed by atoms with E-state index in [1.54, 1.807) is 31.4 Å². The van der Waals surface area contributed by atoms with Gasteiger partial charge in [-0.25, -0.2) is 10.1 Å². The van der Waals surface area contributed by atoms with Crippen molar-refractivity contribution >= 4 is 46.6 Å². The summed E-state index contributed by atoms with van der Waals surface area (Å²) in [5.41, 5.74) is 4.98. The number of benzene rings is 2. The normalized spacial score (nSPS) is 11.2. The molecular formula is C19H20ClN7O2S. The molecule has 0 atom stereocenters. The molecule has 3 rings (SSSR count). The first-order chi connectivity index (χ1) is 14.5. The number of carbonyl (C=O) groups is 1. The molecule has 0 unspecified atom stereocenters. The van der Waals surface area contributed by atoms with Crippen LogP contribution in [0.2, 0.25) is 5.02 Å². The Balaban J connectivity index is 1.57. The number of hydrogen-bond acceptors (Lipinski definition) is 8. The lowest BCUT2D eigenvalue weighted by atomic mass is 10.1. The summed E-state index contributed by atoms with van der Waals surface area (Å²) < 4.78 is 6.38. The summed E-state index contributed by atoms with van der Waals surface area (Å²) in [5.74, 6) is 6.87. The van der Waals surface area contributed by atoms with Crippen molar-refractivity contribution in [2.45, 2.75) is 12.1 Å². The summed E-state index contributed by atoms with van der Waals surface area (Å²) in [6, 6.07) is 14.5. The fourth-order valence-electron chi connectivity index (χ4n) is 2.36. The predicted octanol–water partition coefficient (Wildman–Crippen LogP) is 3.22. The van der Waals surface area contributed by atoms with Gasteiger partial charge < -0.3 is 15.9 Å². The second-order valence-corrected chi connectivity index (χ2v) is 7.38. The van der Waals surface area contributed by atoms with Gasteiger partial charge in [-0.3, -0.25) is 4.79 Å². The molecule has 9 nitrogen and oxygen atoms in total. The quantitative estimate of drug-likeness (QED) is 0.211. The highest BCUT2D eigenvalue weighted by Crippen LogP contribution is 2.22. The number of rotatable bonds is 8. The Bertz CT molecular complexity index is 1050. The SMILES string of the molecule is COc1ccc(/C(C)=N/Nc2nnc(SCC(=O)Nc3ccccc3Cl)n2N)cc1. The van der Waals surface area contributed by atoms with Crippen molar-refractivity contribution in [2.75, 3.05) is 29.4 Å². The van der Waals surface area contributed by atoms with Crippen LogP contribution in [0.15, 0.2) is 58.8 Å². The molecule has 0 aliphatic heterocycles. The van der Waals surface area contributed by atoms with Crippen LogP contribution in [-0.4, -0.2) is 39.4 Å². The van der Waals surface area contributed by atoms with E-state index in [-0.39, 0.29) is 17.6 Å². The van der Waals surface area contributed by atoms with Crippen LogP contribution in [-0.2, 0) is 4.79 Å². The van der Waals surface area contributed by atoms with Crippen LogP contribution in [0, 0.1) is 0 Å². The van der Waals surface area contributed by atoms with E-state index in [1.165, 1.54) is 4.68 Å². The van der Waals surface area contributed by atoms with Crippen LogP contribution >= 0.6 is 23.4 Å². The summed E-state index contributed by atoms with van der Waals surface area (Å²) in [6.07, 6.45) is 0. The van der Waals surface area contributed by atoms with Gasteiger partial charge in [0.2, 0.25) is 11.1 Å². The van der Waals surface area contributed by atoms with Crippen LogP contribution in [0.25, 0.3) is 0 Å². The number of thioether (sulfide) groups is 1. The minimum atomic E-state index is -0.237. The number of nitrogens with zero attached hydrogens (tertiary/aromatic N) is 4. The van der Waals surface area contributed by atoms with E-state index in [9.17, 15) is 4.79 Å². The van der Waals surface area contributed by atoms with Gasteiger partial charge in [-0.15, -0.1) is 10.2 Å². The molecule has 30 heavy (non-hydrogen) atoms. The number of methoxy groups -OCH3 is 1. The van der Waals surface area contributed by atoms with Crippen molar-refractivity contribution in [2.24, 2.45) is 5.10 Å². The molecule has 1 amide bonds. The Morgan fingerprint density at radius 2 is 1.97 bits per heavy atom. The molecule has 0 aliphatic rings. The molecule has 0 radical (unpaired) electrons. The maximum absolute atomic E-state index is 12.1. The zero-order chi connectivity index (χ0) is 21.5. The fraction of sp³-hybridized carbons (Fsp3) is 0.158. The summed E-state index contributed by atoms with van der Waals surface area (Å²) in [5, 5.41) is 15.8. The monoisotopic (exact) mass is 445 g/mol. The minimum absolute atomic E-state index is 0.0920. The molecule has 11 heteroatoms. The van der Waals surface area contributed by atoms with E-state index < -0.39 is 0 Å². The molecule has 4 N–H and O–H groups in total. The van der Waals surface area contributed by atoms with Crippen molar-refractivity contribution in [1.29, 1.82) is 0 Å². The highest BCUT2D eigenvalue weighted by atomic mass is 35.5. The number of anilines is 2. The fourth-order valence-corrected chi connectivity index (χ4v) is 3.20. The molecule has 0 aliphatic carbocycles. The topological polar surface area (TPSA) is 119 Å². The van der Waals surface area contributed by atoms with Crippen molar-refractivity contribution in [3.8, 4) is 5.75 Å². The first-order valence-corrected chi connectivity index (χ1v) is 10.2. The van der Waals surface area contributed by atoms with E-state index >= 15 is 0 Å². The number of amides is 1. The Kier molecular flexibility index (Phi) is 7.15. The molecular weight excluding hydrogens is 426 g/mol. The molecule has 1 aromatic heterocycles. The zero-order valence-corrected chi connectivity index (χ0v) is 17.9. The number of ether oxygens (including phenoxy) is 1. The second kappa shape index (κ2) is 9.99. The number of nitrogens with one attached hydrogen (secondary N) is 2. The summed E-state index contributed by atoms with van der Waals surface area (Å²) >= 11 is 7.18. The van der Waals surface area contributed by atoms with E-state index in [4.69, 9.17) is 22.2 Å². The third kappa shape index (κ3) is 5.43. The molecule has 0 spiro atoms. The molecule has 0 fully saturated rings. The van der Waals surface area contributed by atoms with Crippen molar-refractivity contribution in [3.05, 3.63) is 59.1 Å². The van der Waals surface area contributed by atoms with Gasteiger partial charge in [0, 0.05) is 0 Å².